The van der Waals surface area contributed by atoms with Crippen molar-refractivity contribution in [3.8, 4) is 0 Å². The number of hydrogen-bond donors (Lipinski definition) is 0. The van der Waals surface area contributed by atoms with E-state index in [9.17, 15) is 4.79 Å². The Kier molecular flexibility index (Phi) is 3.96. The van der Waals surface area contributed by atoms with Crippen molar-refractivity contribution < 1.29 is 4.79 Å². The third kappa shape index (κ3) is 2.75. The molecule has 0 N–H and O–H groups in total. The lowest BCUT2D eigenvalue weighted by Gasteiger charge is -2.25. The molecule has 1 fully saturated rings. The molecule has 3 rings (SSSR count). The average molecular weight is 298 g/mol. The third-order valence-corrected chi connectivity index (χ3v) is 4.63. The van der Waals surface area contributed by atoms with Gasteiger partial charge in [-0.1, -0.05) is 23.4 Å². The van der Waals surface area contributed by atoms with Gasteiger partial charge in [-0.15, -0.1) is 5.10 Å². The number of likely N-dealkylation sites (tertiary alicyclic amines) is 1. The fourth-order valence-electron chi connectivity index (χ4n) is 3.11. The molecule has 0 saturated carbocycles. The van der Waals surface area contributed by atoms with Crippen LogP contribution in [0, 0.1) is 13.8 Å². The highest BCUT2D eigenvalue weighted by Crippen LogP contribution is 2.33. The van der Waals surface area contributed by atoms with E-state index in [1.54, 1.807) is 10.9 Å². The molecule has 1 aliphatic rings. The van der Waals surface area contributed by atoms with Gasteiger partial charge in [0.15, 0.2) is 0 Å². The molecule has 116 valence electrons. The van der Waals surface area contributed by atoms with E-state index in [2.05, 4.69) is 42.4 Å². The Labute approximate surface area is 130 Å². The standard InChI is InChI=1S/C17H22N4O/c1-12-6-7-14(9-13(12)2)16-5-4-8-21(16)17(22)10-15-11-18-19-20(15)3/h6-7,9,11,16H,4-5,8,10H2,1-3H3. The lowest BCUT2D eigenvalue weighted by Crippen LogP contribution is -2.32. The fourth-order valence-corrected chi connectivity index (χ4v) is 3.11. The molecule has 0 radical (unpaired) electrons. The molecule has 5 heteroatoms. The Morgan fingerprint density at radius 1 is 1.32 bits per heavy atom. The summed E-state index contributed by atoms with van der Waals surface area (Å²) in [6, 6.07) is 6.73. The first kappa shape index (κ1) is 14.8. The summed E-state index contributed by atoms with van der Waals surface area (Å²) in [5.74, 6) is 0.158. The summed E-state index contributed by atoms with van der Waals surface area (Å²) in [6.45, 7) is 5.08. The summed E-state index contributed by atoms with van der Waals surface area (Å²) in [5, 5.41) is 7.73. The summed E-state index contributed by atoms with van der Waals surface area (Å²) >= 11 is 0. The molecule has 2 heterocycles. The molecule has 1 aromatic carbocycles. The molecular formula is C17H22N4O. The number of amides is 1. The van der Waals surface area contributed by atoms with Crippen LogP contribution in [-0.2, 0) is 18.3 Å². The van der Waals surface area contributed by atoms with Crippen molar-refractivity contribution in [3.63, 3.8) is 0 Å². The van der Waals surface area contributed by atoms with Crippen molar-refractivity contribution in [1.29, 1.82) is 0 Å². The van der Waals surface area contributed by atoms with Gasteiger partial charge in [0.2, 0.25) is 5.91 Å². The number of aryl methyl sites for hydroxylation is 3. The smallest absolute Gasteiger partial charge is 0.229 e. The monoisotopic (exact) mass is 298 g/mol. The summed E-state index contributed by atoms with van der Waals surface area (Å²) in [5.41, 5.74) is 4.68. The first-order valence-corrected chi connectivity index (χ1v) is 7.76. The van der Waals surface area contributed by atoms with Crippen LogP contribution in [0.4, 0.5) is 0 Å². The number of rotatable bonds is 3. The van der Waals surface area contributed by atoms with Crippen molar-refractivity contribution in [2.45, 2.75) is 39.2 Å². The van der Waals surface area contributed by atoms with Crippen molar-refractivity contribution >= 4 is 5.91 Å². The molecule has 1 saturated heterocycles. The lowest BCUT2D eigenvalue weighted by atomic mass is 9.99. The molecule has 1 unspecified atom stereocenters. The number of nitrogens with zero attached hydrogens (tertiary/aromatic N) is 4. The highest BCUT2D eigenvalue weighted by molar-refractivity contribution is 5.79. The molecule has 1 aliphatic heterocycles. The van der Waals surface area contributed by atoms with Gasteiger partial charge in [-0.2, -0.15) is 0 Å². The minimum absolute atomic E-state index is 0.158. The maximum Gasteiger partial charge on any atom is 0.229 e. The quantitative estimate of drug-likeness (QED) is 0.874. The number of carbonyl (C=O) groups is 1. The minimum atomic E-state index is 0.158. The molecule has 1 amide bonds. The molecule has 1 atom stereocenters. The molecule has 0 bridgehead atoms. The Morgan fingerprint density at radius 3 is 2.82 bits per heavy atom. The Bertz CT molecular complexity index is 692. The number of aromatic nitrogens is 3. The maximum atomic E-state index is 12.7. The molecule has 2 aromatic rings. The first-order valence-electron chi connectivity index (χ1n) is 7.76. The Morgan fingerprint density at radius 2 is 2.14 bits per heavy atom. The van der Waals surface area contributed by atoms with Gasteiger partial charge >= 0.3 is 0 Å². The van der Waals surface area contributed by atoms with Gasteiger partial charge in [0.05, 0.1) is 24.4 Å². The van der Waals surface area contributed by atoms with Crippen LogP contribution in [0.15, 0.2) is 24.4 Å². The zero-order valence-corrected chi connectivity index (χ0v) is 13.4. The van der Waals surface area contributed by atoms with Crippen molar-refractivity contribution in [1.82, 2.24) is 19.9 Å². The molecule has 1 aromatic heterocycles. The first-order chi connectivity index (χ1) is 10.6. The van der Waals surface area contributed by atoms with E-state index in [0.717, 1.165) is 25.1 Å². The normalized spacial score (nSPS) is 18.0. The molecule has 0 spiro atoms. The zero-order chi connectivity index (χ0) is 15.7. The van der Waals surface area contributed by atoms with Crippen LogP contribution in [0.3, 0.4) is 0 Å². The topological polar surface area (TPSA) is 51.0 Å². The molecular weight excluding hydrogens is 276 g/mol. The van der Waals surface area contributed by atoms with E-state index in [0.29, 0.717) is 6.42 Å². The summed E-state index contributed by atoms with van der Waals surface area (Å²) in [4.78, 5) is 14.7. The van der Waals surface area contributed by atoms with E-state index in [-0.39, 0.29) is 11.9 Å². The van der Waals surface area contributed by atoms with Crippen LogP contribution in [0.5, 0.6) is 0 Å². The van der Waals surface area contributed by atoms with Gasteiger partial charge in [-0.3, -0.25) is 9.48 Å². The minimum Gasteiger partial charge on any atom is -0.335 e. The van der Waals surface area contributed by atoms with E-state index in [4.69, 9.17) is 0 Å². The predicted octanol–water partition coefficient (Wildman–Crippen LogP) is 2.34. The van der Waals surface area contributed by atoms with E-state index < -0.39 is 0 Å². The molecule has 0 aliphatic carbocycles. The van der Waals surface area contributed by atoms with Gasteiger partial charge in [0.1, 0.15) is 0 Å². The third-order valence-electron chi connectivity index (χ3n) is 4.63. The molecule has 22 heavy (non-hydrogen) atoms. The molecule has 5 nitrogen and oxygen atoms in total. The second-order valence-corrected chi connectivity index (χ2v) is 6.11. The largest absolute Gasteiger partial charge is 0.335 e. The van der Waals surface area contributed by atoms with Crippen LogP contribution >= 0.6 is 0 Å². The fraction of sp³-hybridized carbons (Fsp3) is 0.471. The van der Waals surface area contributed by atoms with E-state index in [1.807, 2.05) is 11.9 Å². The van der Waals surface area contributed by atoms with Crippen LogP contribution in [0.1, 0.15) is 41.3 Å². The Hall–Kier alpha value is -2.17. The second kappa shape index (κ2) is 5.91. The van der Waals surface area contributed by atoms with E-state index >= 15 is 0 Å². The Balaban J connectivity index is 1.79. The van der Waals surface area contributed by atoms with E-state index in [1.165, 1.54) is 16.7 Å². The maximum absolute atomic E-state index is 12.7. The summed E-state index contributed by atoms with van der Waals surface area (Å²) < 4.78 is 1.67. The van der Waals surface area contributed by atoms with Gasteiger partial charge in [0, 0.05) is 13.6 Å². The highest BCUT2D eigenvalue weighted by atomic mass is 16.2. The SMILES string of the molecule is Cc1ccc(C2CCCN2C(=O)Cc2cnnn2C)cc1C. The summed E-state index contributed by atoms with van der Waals surface area (Å²) in [7, 11) is 1.82. The van der Waals surface area contributed by atoms with Crippen LogP contribution in [-0.4, -0.2) is 32.3 Å². The van der Waals surface area contributed by atoms with Gasteiger partial charge in [0.25, 0.3) is 0 Å². The number of benzene rings is 1. The number of hydrogen-bond acceptors (Lipinski definition) is 3. The van der Waals surface area contributed by atoms with Crippen LogP contribution in [0.25, 0.3) is 0 Å². The zero-order valence-electron chi connectivity index (χ0n) is 13.4. The predicted molar refractivity (Wildman–Crippen MR) is 84.3 cm³/mol. The van der Waals surface area contributed by atoms with Gasteiger partial charge < -0.3 is 4.90 Å². The number of carbonyl (C=O) groups excluding carboxylic acids is 1. The average Bonchev–Trinajstić information content (AvgIpc) is 3.12. The van der Waals surface area contributed by atoms with Gasteiger partial charge in [-0.25, -0.2) is 0 Å². The van der Waals surface area contributed by atoms with Gasteiger partial charge in [-0.05, 0) is 43.4 Å². The van der Waals surface area contributed by atoms with Crippen LogP contribution in [0.2, 0.25) is 0 Å². The van der Waals surface area contributed by atoms with Crippen molar-refractivity contribution in [2.24, 2.45) is 7.05 Å². The highest BCUT2D eigenvalue weighted by Gasteiger charge is 2.30. The second-order valence-electron chi connectivity index (χ2n) is 6.11. The summed E-state index contributed by atoms with van der Waals surface area (Å²) in [6.07, 6.45) is 4.13. The van der Waals surface area contributed by atoms with Crippen LogP contribution < -0.4 is 0 Å². The lowest BCUT2D eigenvalue weighted by molar-refractivity contribution is -0.131. The van der Waals surface area contributed by atoms with Crippen molar-refractivity contribution in [2.75, 3.05) is 6.54 Å². The van der Waals surface area contributed by atoms with Crippen molar-refractivity contribution in [3.05, 3.63) is 46.8 Å².